The van der Waals surface area contributed by atoms with Gasteiger partial charge in [0, 0.05) is 18.1 Å². The molecular formula is C14H18N2O. The molecule has 0 bridgehead atoms. The second-order valence-corrected chi connectivity index (χ2v) is 3.94. The van der Waals surface area contributed by atoms with Gasteiger partial charge < -0.3 is 10.1 Å². The van der Waals surface area contributed by atoms with Crippen LogP contribution < -0.4 is 10.1 Å². The Hall–Kier alpha value is -1.61. The largest absolute Gasteiger partial charge is 0.476 e. The van der Waals surface area contributed by atoms with Gasteiger partial charge in [0.2, 0.25) is 5.88 Å². The van der Waals surface area contributed by atoms with Crippen LogP contribution in [0.5, 0.6) is 5.88 Å². The van der Waals surface area contributed by atoms with E-state index in [4.69, 9.17) is 4.74 Å². The minimum Gasteiger partial charge on any atom is -0.476 e. The van der Waals surface area contributed by atoms with Gasteiger partial charge in [-0.15, -0.1) is 0 Å². The predicted molar refractivity (Wildman–Crippen MR) is 70.4 cm³/mol. The molecule has 1 aromatic heterocycles. The Kier molecular flexibility index (Phi) is 4.33. The maximum absolute atomic E-state index is 5.69. The van der Waals surface area contributed by atoms with E-state index in [9.17, 15) is 0 Å². The summed E-state index contributed by atoms with van der Waals surface area (Å²) in [5.74, 6) is 0.724. The molecule has 0 spiro atoms. The van der Waals surface area contributed by atoms with E-state index in [1.165, 1.54) is 5.39 Å². The van der Waals surface area contributed by atoms with E-state index in [0.717, 1.165) is 30.8 Å². The van der Waals surface area contributed by atoms with Gasteiger partial charge in [-0.2, -0.15) is 0 Å². The Bertz CT molecular complexity index is 465. The van der Waals surface area contributed by atoms with E-state index in [1.54, 1.807) is 6.20 Å². The smallest absolute Gasteiger partial charge is 0.221 e. The number of benzene rings is 1. The lowest BCUT2D eigenvalue weighted by molar-refractivity contribution is 0.306. The van der Waals surface area contributed by atoms with Crippen molar-refractivity contribution in [3.05, 3.63) is 36.5 Å². The van der Waals surface area contributed by atoms with Crippen LogP contribution in [-0.4, -0.2) is 24.7 Å². The topological polar surface area (TPSA) is 34.1 Å². The van der Waals surface area contributed by atoms with E-state index < -0.39 is 0 Å². The zero-order chi connectivity index (χ0) is 11.9. The number of nitrogens with zero attached hydrogens (tertiary/aromatic N) is 1. The average molecular weight is 230 g/mol. The Morgan fingerprint density at radius 1 is 1.18 bits per heavy atom. The van der Waals surface area contributed by atoms with Gasteiger partial charge in [-0.05, 0) is 30.5 Å². The summed E-state index contributed by atoms with van der Waals surface area (Å²) in [6.07, 6.45) is 2.93. The summed E-state index contributed by atoms with van der Waals surface area (Å²) in [5, 5.41) is 5.54. The first kappa shape index (κ1) is 11.9. The van der Waals surface area contributed by atoms with E-state index in [0.29, 0.717) is 6.61 Å². The molecular weight excluding hydrogens is 212 g/mol. The highest BCUT2D eigenvalue weighted by molar-refractivity contribution is 5.86. The van der Waals surface area contributed by atoms with Crippen LogP contribution in [0.3, 0.4) is 0 Å². The van der Waals surface area contributed by atoms with Gasteiger partial charge in [0.15, 0.2) is 0 Å². The molecule has 0 saturated heterocycles. The molecule has 0 aliphatic heterocycles. The van der Waals surface area contributed by atoms with Crippen LogP contribution in [0.15, 0.2) is 36.5 Å². The third kappa shape index (κ3) is 3.17. The van der Waals surface area contributed by atoms with Crippen molar-refractivity contribution in [1.29, 1.82) is 0 Å². The van der Waals surface area contributed by atoms with Crippen molar-refractivity contribution in [2.24, 2.45) is 0 Å². The lowest BCUT2D eigenvalue weighted by Crippen LogP contribution is -2.21. The van der Waals surface area contributed by atoms with Gasteiger partial charge >= 0.3 is 0 Å². The van der Waals surface area contributed by atoms with Crippen molar-refractivity contribution in [3.8, 4) is 5.88 Å². The summed E-state index contributed by atoms with van der Waals surface area (Å²) in [6.45, 7) is 4.70. The van der Waals surface area contributed by atoms with E-state index in [1.807, 2.05) is 24.3 Å². The van der Waals surface area contributed by atoms with Crippen LogP contribution in [0, 0.1) is 0 Å². The molecule has 0 saturated carbocycles. The predicted octanol–water partition coefficient (Wildman–Crippen LogP) is 2.61. The summed E-state index contributed by atoms with van der Waals surface area (Å²) >= 11 is 0. The van der Waals surface area contributed by atoms with Crippen molar-refractivity contribution in [2.75, 3.05) is 19.7 Å². The van der Waals surface area contributed by atoms with Gasteiger partial charge in [0.1, 0.15) is 6.61 Å². The molecule has 0 amide bonds. The maximum Gasteiger partial charge on any atom is 0.221 e. The first-order valence-corrected chi connectivity index (χ1v) is 6.09. The Balaban J connectivity index is 1.98. The van der Waals surface area contributed by atoms with E-state index >= 15 is 0 Å². The lowest BCUT2D eigenvalue weighted by atomic mass is 10.2. The van der Waals surface area contributed by atoms with Gasteiger partial charge in [-0.1, -0.05) is 25.1 Å². The third-order valence-electron chi connectivity index (χ3n) is 2.58. The highest BCUT2D eigenvalue weighted by atomic mass is 16.5. The molecule has 2 rings (SSSR count). The quantitative estimate of drug-likeness (QED) is 0.775. The molecule has 2 aromatic rings. The fourth-order valence-electron chi connectivity index (χ4n) is 1.73. The molecule has 90 valence electrons. The molecule has 0 fully saturated rings. The molecule has 0 unspecified atom stereocenters. The summed E-state index contributed by atoms with van der Waals surface area (Å²) in [5.41, 5.74) is 0. The van der Waals surface area contributed by atoms with Crippen molar-refractivity contribution in [1.82, 2.24) is 10.3 Å². The van der Waals surface area contributed by atoms with Gasteiger partial charge in [-0.3, -0.25) is 0 Å². The second-order valence-electron chi connectivity index (χ2n) is 3.94. The normalized spacial score (nSPS) is 10.6. The Morgan fingerprint density at radius 3 is 2.94 bits per heavy atom. The second kappa shape index (κ2) is 6.21. The maximum atomic E-state index is 5.69. The highest BCUT2D eigenvalue weighted by Gasteiger charge is 2.01. The van der Waals surface area contributed by atoms with Crippen molar-refractivity contribution >= 4 is 10.8 Å². The van der Waals surface area contributed by atoms with E-state index in [-0.39, 0.29) is 0 Å². The number of ether oxygens (including phenoxy) is 1. The zero-order valence-electron chi connectivity index (χ0n) is 10.1. The van der Waals surface area contributed by atoms with Crippen molar-refractivity contribution in [3.63, 3.8) is 0 Å². The number of pyridine rings is 1. The molecule has 0 aliphatic rings. The van der Waals surface area contributed by atoms with Crippen LogP contribution in [0.25, 0.3) is 10.8 Å². The fraction of sp³-hybridized carbons (Fsp3) is 0.357. The van der Waals surface area contributed by atoms with Gasteiger partial charge in [0.05, 0.1) is 0 Å². The molecule has 0 radical (unpaired) electrons. The molecule has 3 nitrogen and oxygen atoms in total. The monoisotopic (exact) mass is 230 g/mol. The standard InChI is InChI=1S/C14H18N2O/c1-2-8-15-10-11-17-14-13-6-4-3-5-12(13)7-9-16-14/h3-7,9,15H,2,8,10-11H2,1H3. The minimum absolute atomic E-state index is 0.654. The Labute approximate surface area is 102 Å². The number of aromatic nitrogens is 1. The number of nitrogens with one attached hydrogen (secondary N) is 1. The van der Waals surface area contributed by atoms with Crippen LogP contribution in [0.2, 0.25) is 0 Å². The van der Waals surface area contributed by atoms with Gasteiger partial charge in [0.25, 0.3) is 0 Å². The van der Waals surface area contributed by atoms with Crippen LogP contribution >= 0.6 is 0 Å². The number of fused-ring (bicyclic) bond motifs is 1. The number of hydrogen-bond donors (Lipinski definition) is 1. The average Bonchev–Trinajstić information content (AvgIpc) is 2.39. The van der Waals surface area contributed by atoms with Gasteiger partial charge in [-0.25, -0.2) is 4.98 Å². The number of hydrogen-bond acceptors (Lipinski definition) is 3. The number of rotatable bonds is 6. The summed E-state index contributed by atoms with van der Waals surface area (Å²) in [6, 6.07) is 10.1. The molecule has 3 heteroatoms. The van der Waals surface area contributed by atoms with Crippen molar-refractivity contribution < 1.29 is 4.74 Å². The molecule has 0 atom stereocenters. The Morgan fingerprint density at radius 2 is 2.06 bits per heavy atom. The third-order valence-corrected chi connectivity index (χ3v) is 2.58. The summed E-state index contributed by atoms with van der Waals surface area (Å²) < 4.78 is 5.69. The fourth-order valence-corrected chi connectivity index (χ4v) is 1.73. The first-order chi connectivity index (χ1) is 8.42. The SMILES string of the molecule is CCCNCCOc1nccc2ccccc12. The first-order valence-electron chi connectivity index (χ1n) is 6.09. The highest BCUT2D eigenvalue weighted by Crippen LogP contribution is 2.21. The van der Waals surface area contributed by atoms with E-state index in [2.05, 4.69) is 23.3 Å². The molecule has 17 heavy (non-hydrogen) atoms. The molecule has 0 aliphatic carbocycles. The minimum atomic E-state index is 0.654. The van der Waals surface area contributed by atoms with Crippen molar-refractivity contribution in [2.45, 2.75) is 13.3 Å². The van der Waals surface area contributed by atoms with Crippen LogP contribution in [-0.2, 0) is 0 Å². The lowest BCUT2D eigenvalue weighted by Gasteiger charge is -2.08. The summed E-state index contributed by atoms with van der Waals surface area (Å²) in [4.78, 5) is 4.27. The molecule has 1 heterocycles. The van der Waals surface area contributed by atoms with Crippen LogP contribution in [0.4, 0.5) is 0 Å². The van der Waals surface area contributed by atoms with Crippen LogP contribution in [0.1, 0.15) is 13.3 Å². The molecule has 1 aromatic carbocycles. The zero-order valence-corrected chi connectivity index (χ0v) is 10.1. The summed E-state index contributed by atoms with van der Waals surface area (Å²) in [7, 11) is 0. The molecule has 1 N–H and O–H groups in total.